The van der Waals surface area contributed by atoms with Crippen molar-refractivity contribution in [1.29, 1.82) is 0 Å². The Morgan fingerprint density at radius 2 is 2.25 bits per heavy atom. The third kappa shape index (κ3) is 2.96. The maximum atomic E-state index is 11.0. The molecule has 2 aromatic rings. The number of hydrogen-bond donors (Lipinski definition) is 1. The van der Waals surface area contributed by atoms with Gasteiger partial charge in [0.1, 0.15) is 12.4 Å². The summed E-state index contributed by atoms with van der Waals surface area (Å²) in [6, 6.07) is 4.54. The minimum absolute atomic E-state index is 0.0180. The van der Waals surface area contributed by atoms with E-state index in [2.05, 4.69) is 21.0 Å². The summed E-state index contributed by atoms with van der Waals surface area (Å²) in [5.74, 6) is -0.643. The minimum Gasteiger partial charge on any atom is -0.487 e. The number of aromatic nitrogens is 2. The Kier molecular flexibility index (Phi) is 4.35. The smallest absolute Gasteiger partial charge is 0.337 e. The van der Waals surface area contributed by atoms with E-state index in [1.54, 1.807) is 10.7 Å². The third-order valence-electron chi connectivity index (χ3n) is 2.81. The van der Waals surface area contributed by atoms with Gasteiger partial charge >= 0.3 is 5.97 Å². The maximum Gasteiger partial charge on any atom is 0.337 e. The Balaban J connectivity index is 2.19. The third-order valence-corrected chi connectivity index (χ3v) is 4.17. The van der Waals surface area contributed by atoms with E-state index in [9.17, 15) is 4.79 Å². The SMILES string of the molecule is Cc1nn(C)c(COc2ccc(Cl)c(C(=O)O)c2)c1Br. The highest BCUT2D eigenvalue weighted by Crippen LogP contribution is 2.25. The van der Waals surface area contributed by atoms with Gasteiger partial charge in [0, 0.05) is 7.05 Å². The Hall–Kier alpha value is -1.53. The van der Waals surface area contributed by atoms with Gasteiger partial charge in [-0.3, -0.25) is 4.68 Å². The molecule has 1 N–H and O–H groups in total. The number of benzene rings is 1. The molecule has 7 heteroatoms. The number of halogens is 2. The summed E-state index contributed by atoms with van der Waals surface area (Å²) in [6.45, 7) is 2.16. The molecule has 1 aromatic heterocycles. The number of rotatable bonds is 4. The quantitative estimate of drug-likeness (QED) is 0.908. The lowest BCUT2D eigenvalue weighted by Gasteiger charge is -2.08. The summed E-state index contributed by atoms with van der Waals surface area (Å²) >= 11 is 9.25. The van der Waals surface area contributed by atoms with Crippen LogP contribution in [0.25, 0.3) is 0 Å². The Morgan fingerprint density at radius 3 is 2.80 bits per heavy atom. The van der Waals surface area contributed by atoms with Crippen LogP contribution in [-0.4, -0.2) is 20.9 Å². The van der Waals surface area contributed by atoms with Crippen LogP contribution in [0, 0.1) is 6.92 Å². The summed E-state index contributed by atoms with van der Waals surface area (Å²) in [4.78, 5) is 11.0. The lowest BCUT2D eigenvalue weighted by atomic mass is 10.2. The molecule has 0 fully saturated rings. The van der Waals surface area contributed by atoms with Crippen molar-refractivity contribution >= 4 is 33.5 Å². The Morgan fingerprint density at radius 1 is 1.55 bits per heavy atom. The second kappa shape index (κ2) is 5.85. The first-order valence-electron chi connectivity index (χ1n) is 5.73. The largest absolute Gasteiger partial charge is 0.487 e. The topological polar surface area (TPSA) is 64.4 Å². The molecule has 0 bridgehead atoms. The zero-order chi connectivity index (χ0) is 14.9. The molecule has 0 amide bonds. The van der Waals surface area contributed by atoms with Gasteiger partial charge in [0.05, 0.1) is 26.4 Å². The van der Waals surface area contributed by atoms with Crippen molar-refractivity contribution in [3.63, 3.8) is 0 Å². The summed E-state index contributed by atoms with van der Waals surface area (Å²) in [5.41, 5.74) is 1.76. The molecule has 2 rings (SSSR count). The summed E-state index contributed by atoms with van der Waals surface area (Å²) in [5, 5.41) is 13.4. The standard InChI is InChI=1S/C13H12BrClN2O3/c1-7-12(14)11(17(2)16-7)6-20-8-3-4-10(15)9(5-8)13(18)19/h3-5H,6H2,1-2H3,(H,18,19). The average Bonchev–Trinajstić information content (AvgIpc) is 2.62. The number of carboxylic acid groups (broad SMARTS) is 1. The van der Waals surface area contributed by atoms with Crippen LogP contribution in [0.2, 0.25) is 5.02 Å². The van der Waals surface area contributed by atoms with Gasteiger partial charge in [-0.2, -0.15) is 5.10 Å². The lowest BCUT2D eigenvalue weighted by molar-refractivity contribution is 0.0696. The van der Waals surface area contributed by atoms with Gasteiger partial charge < -0.3 is 9.84 Å². The molecule has 0 aliphatic rings. The fourth-order valence-corrected chi connectivity index (χ4v) is 2.40. The van der Waals surface area contributed by atoms with E-state index in [0.717, 1.165) is 15.9 Å². The highest BCUT2D eigenvalue weighted by molar-refractivity contribution is 9.10. The van der Waals surface area contributed by atoms with Gasteiger partial charge in [-0.1, -0.05) is 11.6 Å². The van der Waals surface area contributed by atoms with Crippen LogP contribution < -0.4 is 4.74 Å². The van der Waals surface area contributed by atoms with E-state index in [1.807, 2.05) is 14.0 Å². The first-order chi connectivity index (χ1) is 9.40. The van der Waals surface area contributed by atoms with E-state index in [1.165, 1.54) is 12.1 Å². The van der Waals surface area contributed by atoms with E-state index < -0.39 is 5.97 Å². The van der Waals surface area contributed by atoms with Gasteiger partial charge in [-0.25, -0.2) is 4.79 Å². The van der Waals surface area contributed by atoms with Gasteiger partial charge in [0.25, 0.3) is 0 Å². The molecule has 0 saturated carbocycles. The van der Waals surface area contributed by atoms with Crippen molar-refractivity contribution in [2.45, 2.75) is 13.5 Å². The van der Waals surface area contributed by atoms with E-state index >= 15 is 0 Å². The molecule has 0 aliphatic carbocycles. The van der Waals surface area contributed by atoms with Crippen LogP contribution >= 0.6 is 27.5 Å². The number of aromatic carboxylic acids is 1. The summed E-state index contributed by atoms with van der Waals surface area (Å²) < 4.78 is 8.20. The van der Waals surface area contributed by atoms with E-state index in [-0.39, 0.29) is 17.2 Å². The normalized spacial score (nSPS) is 10.6. The van der Waals surface area contributed by atoms with Crippen molar-refractivity contribution in [2.24, 2.45) is 7.05 Å². The first kappa shape index (κ1) is 14.9. The second-order valence-corrected chi connectivity index (χ2v) is 5.41. The zero-order valence-corrected chi connectivity index (χ0v) is 13.2. The van der Waals surface area contributed by atoms with Gasteiger partial charge in [-0.05, 0) is 41.1 Å². The number of ether oxygens (including phenoxy) is 1. The van der Waals surface area contributed by atoms with Crippen LogP contribution in [0.15, 0.2) is 22.7 Å². The predicted octanol–water partition coefficient (Wildman–Crippen LogP) is 3.42. The molecule has 0 unspecified atom stereocenters. The molecular formula is C13H12BrClN2O3. The zero-order valence-electron chi connectivity index (χ0n) is 10.9. The molecule has 0 aliphatic heterocycles. The van der Waals surface area contributed by atoms with Gasteiger partial charge in [-0.15, -0.1) is 0 Å². The summed E-state index contributed by atoms with van der Waals surface area (Å²) in [7, 11) is 1.82. The van der Waals surface area contributed by atoms with Crippen molar-refractivity contribution < 1.29 is 14.6 Å². The number of carboxylic acids is 1. The molecule has 0 saturated heterocycles. The Labute approximate surface area is 129 Å². The van der Waals surface area contributed by atoms with Gasteiger partial charge in [0.2, 0.25) is 0 Å². The average molecular weight is 360 g/mol. The van der Waals surface area contributed by atoms with Crippen LogP contribution in [0.4, 0.5) is 0 Å². The fourth-order valence-electron chi connectivity index (χ4n) is 1.75. The number of aryl methyl sites for hydroxylation is 2. The second-order valence-electron chi connectivity index (χ2n) is 4.21. The highest BCUT2D eigenvalue weighted by atomic mass is 79.9. The molecule has 1 heterocycles. The molecule has 1 aromatic carbocycles. The minimum atomic E-state index is -1.09. The molecule has 0 radical (unpaired) electrons. The number of nitrogens with zero attached hydrogens (tertiary/aromatic N) is 2. The first-order valence-corrected chi connectivity index (χ1v) is 6.91. The summed E-state index contributed by atoms with van der Waals surface area (Å²) in [6.07, 6.45) is 0. The molecule has 20 heavy (non-hydrogen) atoms. The van der Waals surface area contributed by atoms with Crippen LogP contribution in [0.3, 0.4) is 0 Å². The molecule has 5 nitrogen and oxygen atoms in total. The number of hydrogen-bond acceptors (Lipinski definition) is 3. The highest BCUT2D eigenvalue weighted by Gasteiger charge is 2.13. The van der Waals surface area contributed by atoms with Crippen molar-refractivity contribution in [3.05, 3.63) is 44.6 Å². The van der Waals surface area contributed by atoms with Crippen LogP contribution in [0.5, 0.6) is 5.75 Å². The Bertz CT molecular complexity index is 670. The van der Waals surface area contributed by atoms with Crippen molar-refractivity contribution in [2.75, 3.05) is 0 Å². The molecule has 0 spiro atoms. The van der Waals surface area contributed by atoms with E-state index in [4.69, 9.17) is 21.4 Å². The monoisotopic (exact) mass is 358 g/mol. The molecular weight excluding hydrogens is 348 g/mol. The predicted molar refractivity (Wildman–Crippen MR) is 78.4 cm³/mol. The maximum absolute atomic E-state index is 11.0. The lowest BCUT2D eigenvalue weighted by Crippen LogP contribution is -2.04. The van der Waals surface area contributed by atoms with Gasteiger partial charge in [0.15, 0.2) is 0 Å². The number of carbonyl (C=O) groups is 1. The molecule has 106 valence electrons. The fraction of sp³-hybridized carbons (Fsp3) is 0.231. The van der Waals surface area contributed by atoms with Crippen LogP contribution in [-0.2, 0) is 13.7 Å². The van der Waals surface area contributed by atoms with Crippen molar-refractivity contribution in [1.82, 2.24) is 9.78 Å². The van der Waals surface area contributed by atoms with Crippen molar-refractivity contribution in [3.8, 4) is 5.75 Å². The van der Waals surface area contributed by atoms with Crippen LogP contribution in [0.1, 0.15) is 21.7 Å². The molecule has 0 atom stereocenters. The van der Waals surface area contributed by atoms with E-state index in [0.29, 0.717) is 5.75 Å².